The SMILES string of the molecule is CC1=C(CC/C(C)=C/CC#N)[C@@]2(C)CCCC(C)(C)[C@@H]2CC1. The minimum absolute atomic E-state index is 0.416. The van der Waals surface area contributed by atoms with Crippen LogP contribution in [0.4, 0.5) is 0 Å². The van der Waals surface area contributed by atoms with Crippen LogP contribution in [0.3, 0.4) is 0 Å². The Hall–Kier alpha value is -1.03. The first kappa shape index (κ1) is 17.3. The Morgan fingerprint density at radius 2 is 2.05 bits per heavy atom. The highest BCUT2D eigenvalue weighted by atomic mass is 14.5. The number of rotatable bonds is 4. The van der Waals surface area contributed by atoms with Crippen LogP contribution in [-0.4, -0.2) is 0 Å². The second-order valence-corrected chi connectivity index (χ2v) is 8.52. The van der Waals surface area contributed by atoms with E-state index >= 15 is 0 Å². The van der Waals surface area contributed by atoms with E-state index in [0.29, 0.717) is 17.3 Å². The third-order valence-corrected chi connectivity index (χ3v) is 6.55. The standard InChI is InChI=1S/C21H33N/c1-16(8-6-15-22)9-11-18-17(2)10-12-19-20(3,4)13-7-14-21(18,19)5/h8,19H,6-7,9-14H2,1-5H3/b16-8+/t19-,21+/m0/s1. The van der Waals surface area contributed by atoms with Gasteiger partial charge in [-0.15, -0.1) is 0 Å². The fraction of sp³-hybridized carbons (Fsp3) is 0.762. The third-order valence-electron chi connectivity index (χ3n) is 6.55. The van der Waals surface area contributed by atoms with E-state index in [0.717, 1.165) is 12.3 Å². The van der Waals surface area contributed by atoms with Gasteiger partial charge in [0.15, 0.2) is 0 Å². The van der Waals surface area contributed by atoms with Gasteiger partial charge in [-0.25, -0.2) is 0 Å². The quantitative estimate of drug-likeness (QED) is 0.538. The molecule has 1 nitrogen and oxygen atoms in total. The van der Waals surface area contributed by atoms with Gasteiger partial charge in [-0.05, 0) is 69.1 Å². The number of allylic oxidation sites excluding steroid dienone is 4. The van der Waals surface area contributed by atoms with E-state index in [4.69, 9.17) is 5.26 Å². The molecule has 0 heterocycles. The molecule has 0 amide bonds. The fourth-order valence-electron chi connectivity index (χ4n) is 5.33. The van der Waals surface area contributed by atoms with E-state index in [1.165, 1.54) is 44.1 Å². The number of nitriles is 1. The van der Waals surface area contributed by atoms with E-state index < -0.39 is 0 Å². The molecule has 0 N–H and O–H groups in total. The van der Waals surface area contributed by atoms with E-state index in [1.54, 1.807) is 11.1 Å². The smallest absolute Gasteiger partial charge is 0.0663 e. The first-order chi connectivity index (χ1) is 10.3. The maximum Gasteiger partial charge on any atom is 0.0663 e. The summed E-state index contributed by atoms with van der Waals surface area (Å²) in [5.74, 6) is 0.843. The summed E-state index contributed by atoms with van der Waals surface area (Å²) < 4.78 is 0. The van der Waals surface area contributed by atoms with Crippen molar-refractivity contribution < 1.29 is 0 Å². The van der Waals surface area contributed by atoms with Crippen LogP contribution in [0.25, 0.3) is 0 Å². The molecule has 0 radical (unpaired) electrons. The fourth-order valence-corrected chi connectivity index (χ4v) is 5.33. The number of hydrogen-bond acceptors (Lipinski definition) is 1. The van der Waals surface area contributed by atoms with Gasteiger partial charge in [-0.1, -0.05) is 50.0 Å². The summed E-state index contributed by atoms with van der Waals surface area (Å²) in [6, 6.07) is 2.22. The Bertz CT molecular complexity index is 515. The molecule has 1 saturated carbocycles. The molecule has 0 unspecified atom stereocenters. The summed E-state index contributed by atoms with van der Waals surface area (Å²) >= 11 is 0. The molecule has 2 atom stereocenters. The van der Waals surface area contributed by atoms with Crippen molar-refractivity contribution in [3.05, 3.63) is 22.8 Å². The lowest BCUT2D eigenvalue weighted by Gasteiger charge is -2.55. The summed E-state index contributed by atoms with van der Waals surface area (Å²) in [4.78, 5) is 0. The molecule has 0 aromatic heterocycles. The van der Waals surface area contributed by atoms with Crippen molar-refractivity contribution >= 4 is 0 Å². The van der Waals surface area contributed by atoms with Gasteiger partial charge in [0, 0.05) is 0 Å². The molecular weight excluding hydrogens is 266 g/mol. The second kappa shape index (κ2) is 6.61. The summed E-state index contributed by atoms with van der Waals surface area (Å²) in [5, 5.41) is 8.72. The van der Waals surface area contributed by atoms with Crippen LogP contribution in [0, 0.1) is 28.1 Å². The predicted molar refractivity (Wildman–Crippen MR) is 94.4 cm³/mol. The van der Waals surface area contributed by atoms with E-state index in [9.17, 15) is 0 Å². The predicted octanol–water partition coefficient (Wildman–Crippen LogP) is 6.57. The van der Waals surface area contributed by atoms with Gasteiger partial charge in [-0.2, -0.15) is 5.26 Å². The highest BCUT2D eigenvalue weighted by Gasteiger charge is 2.49. The highest BCUT2D eigenvalue weighted by Crippen LogP contribution is 2.60. The first-order valence-corrected chi connectivity index (χ1v) is 9.03. The summed E-state index contributed by atoms with van der Waals surface area (Å²) in [6.07, 6.45) is 11.8. The van der Waals surface area contributed by atoms with Gasteiger partial charge >= 0.3 is 0 Å². The van der Waals surface area contributed by atoms with Crippen molar-refractivity contribution in [3.63, 3.8) is 0 Å². The van der Waals surface area contributed by atoms with Crippen molar-refractivity contribution in [1.29, 1.82) is 5.26 Å². The lowest BCUT2D eigenvalue weighted by molar-refractivity contribution is 0.0105. The molecule has 2 rings (SSSR count). The molecule has 0 aliphatic heterocycles. The topological polar surface area (TPSA) is 23.8 Å². The minimum atomic E-state index is 0.416. The van der Waals surface area contributed by atoms with Crippen LogP contribution in [0.2, 0.25) is 0 Å². The van der Waals surface area contributed by atoms with Gasteiger partial charge in [0.2, 0.25) is 0 Å². The van der Waals surface area contributed by atoms with Crippen molar-refractivity contribution in [2.24, 2.45) is 16.7 Å². The van der Waals surface area contributed by atoms with Crippen molar-refractivity contribution in [3.8, 4) is 6.07 Å². The van der Waals surface area contributed by atoms with Crippen molar-refractivity contribution in [2.45, 2.75) is 86.0 Å². The molecule has 0 bridgehead atoms. The zero-order chi connectivity index (χ0) is 16.4. The minimum Gasteiger partial charge on any atom is -0.198 e. The van der Waals surface area contributed by atoms with E-state index in [2.05, 4.69) is 46.8 Å². The van der Waals surface area contributed by atoms with Crippen molar-refractivity contribution in [2.75, 3.05) is 0 Å². The average molecular weight is 300 g/mol. The number of nitrogens with zero attached hydrogens (tertiary/aromatic N) is 1. The van der Waals surface area contributed by atoms with Crippen LogP contribution in [0.5, 0.6) is 0 Å². The molecule has 1 fully saturated rings. The zero-order valence-corrected chi connectivity index (χ0v) is 15.3. The summed E-state index contributed by atoms with van der Waals surface area (Å²) in [6.45, 7) is 12.1. The molecule has 1 heteroatoms. The zero-order valence-electron chi connectivity index (χ0n) is 15.3. The number of fused-ring (bicyclic) bond motifs is 1. The van der Waals surface area contributed by atoms with Crippen LogP contribution < -0.4 is 0 Å². The van der Waals surface area contributed by atoms with Gasteiger partial charge in [0.1, 0.15) is 0 Å². The van der Waals surface area contributed by atoms with Gasteiger partial charge in [0.25, 0.3) is 0 Å². The van der Waals surface area contributed by atoms with Crippen LogP contribution >= 0.6 is 0 Å². The van der Waals surface area contributed by atoms with E-state index in [1.807, 2.05) is 0 Å². The molecule has 0 saturated heterocycles. The van der Waals surface area contributed by atoms with Crippen LogP contribution in [0.1, 0.15) is 86.0 Å². The number of hydrogen-bond donors (Lipinski definition) is 0. The molecular formula is C21H33N. The van der Waals surface area contributed by atoms with Gasteiger partial charge < -0.3 is 0 Å². The molecule has 0 spiro atoms. The second-order valence-electron chi connectivity index (χ2n) is 8.52. The highest BCUT2D eigenvalue weighted by molar-refractivity contribution is 5.28. The monoisotopic (exact) mass is 299 g/mol. The molecule has 2 aliphatic carbocycles. The third kappa shape index (κ3) is 3.32. The van der Waals surface area contributed by atoms with E-state index in [-0.39, 0.29) is 0 Å². The molecule has 0 aromatic carbocycles. The normalized spacial score (nSPS) is 31.6. The average Bonchev–Trinajstić information content (AvgIpc) is 2.43. The maximum atomic E-state index is 8.72. The van der Waals surface area contributed by atoms with Crippen molar-refractivity contribution in [1.82, 2.24) is 0 Å². The molecule has 2 aliphatic rings. The molecule has 0 aromatic rings. The van der Waals surface area contributed by atoms with Crippen LogP contribution in [0.15, 0.2) is 22.8 Å². The van der Waals surface area contributed by atoms with Gasteiger partial charge in [0.05, 0.1) is 12.5 Å². The summed E-state index contributed by atoms with van der Waals surface area (Å²) in [5.41, 5.74) is 5.69. The largest absolute Gasteiger partial charge is 0.198 e. The lowest BCUT2D eigenvalue weighted by Crippen LogP contribution is -2.45. The Labute approximate surface area is 137 Å². The Morgan fingerprint density at radius 3 is 2.73 bits per heavy atom. The first-order valence-electron chi connectivity index (χ1n) is 9.03. The molecule has 22 heavy (non-hydrogen) atoms. The maximum absolute atomic E-state index is 8.72. The summed E-state index contributed by atoms with van der Waals surface area (Å²) in [7, 11) is 0. The Morgan fingerprint density at radius 1 is 1.32 bits per heavy atom. The van der Waals surface area contributed by atoms with Gasteiger partial charge in [-0.3, -0.25) is 0 Å². The Balaban J connectivity index is 2.20. The lowest BCUT2D eigenvalue weighted by atomic mass is 9.50. The Kier molecular flexibility index (Phi) is 5.21. The molecule has 122 valence electrons. The van der Waals surface area contributed by atoms with Crippen LogP contribution in [-0.2, 0) is 0 Å².